The molecule has 1 atom stereocenters. The van der Waals surface area contributed by atoms with Crippen LogP contribution in [-0.2, 0) is 4.79 Å². The maximum Gasteiger partial charge on any atom is 0.227 e. The Morgan fingerprint density at radius 2 is 1.89 bits per heavy atom. The van der Waals surface area contributed by atoms with Gasteiger partial charge in [0, 0.05) is 39.8 Å². The van der Waals surface area contributed by atoms with E-state index in [9.17, 15) is 9.18 Å². The molecule has 6 heteroatoms. The van der Waals surface area contributed by atoms with Crippen LogP contribution in [0.25, 0.3) is 0 Å². The molecule has 1 aromatic rings. The summed E-state index contributed by atoms with van der Waals surface area (Å²) in [5.74, 6) is 0.0154. The second kappa shape index (κ2) is 9.93. The number of benzene rings is 1. The van der Waals surface area contributed by atoms with Gasteiger partial charge in [-0.15, -0.1) is 0 Å². The monoisotopic (exact) mass is 409 g/mol. The highest BCUT2D eigenvalue weighted by molar-refractivity contribution is 6.33. The Bertz CT molecular complexity index is 647. The second-order valence-corrected chi connectivity index (χ2v) is 8.61. The molecule has 0 radical (unpaired) electrons. The Hall–Kier alpha value is -1.33. The van der Waals surface area contributed by atoms with Crippen molar-refractivity contribution in [3.05, 3.63) is 28.5 Å². The molecule has 1 N–H and O–H groups in total. The number of rotatable bonds is 6. The molecule has 1 heterocycles. The Labute approximate surface area is 173 Å². The van der Waals surface area contributed by atoms with E-state index in [1.54, 1.807) is 13.1 Å². The maximum absolute atomic E-state index is 15.0. The predicted molar refractivity (Wildman–Crippen MR) is 114 cm³/mol. The van der Waals surface area contributed by atoms with Gasteiger partial charge in [0.05, 0.1) is 16.6 Å². The highest BCUT2D eigenvalue weighted by Gasteiger charge is 2.26. The zero-order valence-electron chi connectivity index (χ0n) is 17.1. The number of nitrogens with zero attached hydrogens (tertiary/aromatic N) is 2. The van der Waals surface area contributed by atoms with E-state index in [0.29, 0.717) is 22.7 Å². The van der Waals surface area contributed by atoms with Gasteiger partial charge in [0.15, 0.2) is 0 Å². The third-order valence-electron chi connectivity index (χ3n) is 6.34. The van der Waals surface area contributed by atoms with Crippen molar-refractivity contribution in [2.24, 2.45) is 5.92 Å². The van der Waals surface area contributed by atoms with Crippen molar-refractivity contribution in [3.63, 3.8) is 0 Å². The minimum absolute atomic E-state index is 0.109. The van der Waals surface area contributed by atoms with Gasteiger partial charge in [-0.25, -0.2) is 4.39 Å². The van der Waals surface area contributed by atoms with Gasteiger partial charge in [0.25, 0.3) is 0 Å². The zero-order valence-corrected chi connectivity index (χ0v) is 17.9. The number of anilines is 1. The number of hydrogen-bond acceptors (Lipinski definition) is 3. The molecule has 1 saturated carbocycles. The van der Waals surface area contributed by atoms with Crippen LogP contribution in [-0.4, -0.2) is 50.6 Å². The molecular weight excluding hydrogens is 377 g/mol. The Balaban J connectivity index is 1.65. The number of likely N-dealkylation sites (N-methyl/N-ethyl adjacent to an activating group) is 1. The van der Waals surface area contributed by atoms with Crippen LogP contribution in [0.15, 0.2) is 12.1 Å². The van der Waals surface area contributed by atoms with Crippen molar-refractivity contribution in [1.82, 2.24) is 10.2 Å². The lowest BCUT2D eigenvalue weighted by Gasteiger charge is -2.38. The van der Waals surface area contributed by atoms with Crippen LogP contribution in [0.2, 0.25) is 5.02 Å². The molecule has 1 aliphatic heterocycles. The van der Waals surface area contributed by atoms with E-state index in [0.717, 1.165) is 32.1 Å². The third-order valence-corrected chi connectivity index (χ3v) is 6.63. The minimum atomic E-state index is -0.376. The first-order valence-corrected chi connectivity index (χ1v) is 11.1. The van der Waals surface area contributed by atoms with Crippen LogP contribution >= 0.6 is 11.6 Å². The fraction of sp³-hybridized carbons (Fsp3) is 0.682. The van der Waals surface area contributed by atoms with Gasteiger partial charge in [-0.1, -0.05) is 37.8 Å². The molecular formula is C22H33ClFN3O. The summed E-state index contributed by atoms with van der Waals surface area (Å²) in [6.07, 6.45) is 7.43. The topological polar surface area (TPSA) is 35.6 Å². The molecule has 1 amide bonds. The van der Waals surface area contributed by atoms with Crippen LogP contribution in [0.1, 0.15) is 56.9 Å². The summed E-state index contributed by atoms with van der Waals surface area (Å²) in [5.41, 5.74) is 1.12. The van der Waals surface area contributed by atoms with Crippen LogP contribution < -0.4 is 10.2 Å². The van der Waals surface area contributed by atoms with Crippen molar-refractivity contribution in [2.45, 2.75) is 51.4 Å². The largest absolute Gasteiger partial charge is 0.365 e. The summed E-state index contributed by atoms with van der Waals surface area (Å²) in [6, 6.07) is 3.25. The summed E-state index contributed by atoms with van der Waals surface area (Å²) in [6.45, 7) is 6.57. The van der Waals surface area contributed by atoms with Crippen LogP contribution in [0.4, 0.5) is 10.1 Å². The molecule has 4 nitrogen and oxygen atoms in total. The minimum Gasteiger partial charge on any atom is -0.365 e. The van der Waals surface area contributed by atoms with E-state index in [1.807, 2.05) is 6.92 Å². The van der Waals surface area contributed by atoms with Gasteiger partial charge in [-0.05, 0) is 42.9 Å². The number of halogens is 2. The highest BCUT2D eigenvalue weighted by atomic mass is 35.5. The van der Waals surface area contributed by atoms with Gasteiger partial charge in [0.2, 0.25) is 5.91 Å². The van der Waals surface area contributed by atoms with Crippen molar-refractivity contribution in [3.8, 4) is 0 Å². The first kappa shape index (κ1) is 21.4. The number of piperazine rings is 1. The number of carbonyl (C=O) groups is 1. The number of hydrogen-bond donors (Lipinski definition) is 1. The Morgan fingerprint density at radius 3 is 2.46 bits per heavy atom. The zero-order chi connectivity index (χ0) is 20.1. The summed E-state index contributed by atoms with van der Waals surface area (Å²) >= 11 is 6.48. The standard InChI is InChI=1S/C22H33ClFN3O/c1-3-18(22(28)25-2)17-13-19(23)21(20(24)14-17)27-11-9-26(10-12-27)15-16-7-5-4-6-8-16/h13-14,16,18H,3-12,15H2,1-2H3,(H,25,28). The number of nitrogens with one attached hydrogen (secondary N) is 1. The molecule has 2 aliphatic rings. The average Bonchev–Trinajstić information content (AvgIpc) is 2.70. The lowest BCUT2D eigenvalue weighted by Crippen LogP contribution is -2.48. The van der Waals surface area contributed by atoms with Crippen molar-refractivity contribution in [2.75, 3.05) is 44.7 Å². The maximum atomic E-state index is 15.0. The van der Waals surface area contributed by atoms with E-state index in [4.69, 9.17) is 11.6 Å². The SMILES string of the molecule is CCC(C(=O)NC)c1cc(F)c(N2CCN(CC3CCCCC3)CC2)c(Cl)c1. The normalized spacial score (nSPS) is 20.2. The smallest absolute Gasteiger partial charge is 0.227 e. The number of carbonyl (C=O) groups excluding carboxylic acids is 1. The first-order chi connectivity index (χ1) is 13.5. The van der Waals surface area contributed by atoms with Gasteiger partial charge >= 0.3 is 0 Å². The van der Waals surface area contributed by atoms with E-state index < -0.39 is 0 Å². The second-order valence-electron chi connectivity index (χ2n) is 8.20. The summed E-state index contributed by atoms with van der Waals surface area (Å²) in [7, 11) is 1.60. The van der Waals surface area contributed by atoms with Crippen molar-refractivity contribution >= 4 is 23.2 Å². The molecule has 0 aromatic heterocycles. The van der Waals surface area contributed by atoms with E-state index in [1.165, 1.54) is 44.7 Å². The van der Waals surface area contributed by atoms with Gasteiger partial charge in [0.1, 0.15) is 5.82 Å². The summed E-state index contributed by atoms with van der Waals surface area (Å²) < 4.78 is 15.0. The van der Waals surface area contributed by atoms with Crippen molar-refractivity contribution in [1.29, 1.82) is 0 Å². The Morgan fingerprint density at radius 1 is 1.21 bits per heavy atom. The van der Waals surface area contributed by atoms with E-state index in [-0.39, 0.29) is 17.6 Å². The van der Waals surface area contributed by atoms with E-state index >= 15 is 0 Å². The molecule has 28 heavy (non-hydrogen) atoms. The molecule has 3 rings (SSSR count). The molecule has 1 saturated heterocycles. The van der Waals surface area contributed by atoms with Gasteiger partial charge in [-0.2, -0.15) is 0 Å². The summed E-state index contributed by atoms with van der Waals surface area (Å²) in [4.78, 5) is 16.6. The molecule has 0 spiro atoms. The molecule has 1 aliphatic carbocycles. The van der Waals surface area contributed by atoms with Crippen LogP contribution in [0, 0.1) is 11.7 Å². The highest BCUT2D eigenvalue weighted by Crippen LogP contribution is 2.34. The van der Waals surface area contributed by atoms with Gasteiger partial charge in [-0.3, -0.25) is 9.69 Å². The fourth-order valence-electron chi connectivity index (χ4n) is 4.72. The molecule has 2 fully saturated rings. The molecule has 0 bridgehead atoms. The van der Waals surface area contributed by atoms with E-state index in [2.05, 4.69) is 15.1 Å². The Kier molecular flexibility index (Phi) is 7.58. The fourth-order valence-corrected chi connectivity index (χ4v) is 5.06. The molecule has 1 unspecified atom stereocenters. The third kappa shape index (κ3) is 4.98. The summed E-state index contributed by atoms with van der Waals surface area (Å²) in [5, 5.41) is 3.05. The van der Waals surface area contributed by atoms with Crippen LogP contribution in [0.5, 0.6) is 0 Å². The lowest BCUT2D eigenvalue weighted by molar-refractivity contribution is -0.122. The lowest BCUT2D eigenvalue weighted by atomic mass is 9.89. The quantitative estimate of drug-likeness (QED) is 0.755. The predicted octanol–water partition coefficient (Wildman–Crippen LogP) is 4.42. The first-order valence-electron chi connectivity index (χ1n) is 10.7. The average molecular weight is 410 g/mol. The van der Waals surface area contributed by atoms with Crippen molar-refractivity contribution < 1.29 is 9.18 Å². The van der Waals surface area contributed by atoms with Gasteiger partial charge < -0.3 is 10.2 Å². The molecule has 1 aromatic carbocycles. The van der Waals surface area contributed by atoms with Crippen LogP contribution in [0.3, 0.4) is 0 Å². The number of amides is 1. The molecule has 156 valence electrons.